The molecule has 2 aromatic carbocycles. The summed E-state index contributed by atoms with van der Waals surface area (Å²) in [5.74, 6) is 0.675. The van der Waals surface area contributed by atoms with E-state index in [-0.39, 0.29) is 24.1 Å². The Bertz CT molecular complexity index is 1320. The molecule has 210 valence electrons. The lowest BCUT2D eigenvalue weighted by Crippen LogP contribution is -2.52. The second-order valence-electron chi connectivity index (χ2n) is 11.5. The van der Waals surface area contributed by atoms with Crippen molar-refractivity contribution in [2.24, 2.45) is 4.99 Å². The van der Waals surface area contributed by atoms with Gasteiger partial charge in [-0.15, -0.1) is 0 Å². The number of amidine groups is 1. The highest BCUT2D eigenvalue weighted by molar-refractivity contribution is 6.04. The van der Waals surface area contributed by atoms with Crippen LogP contribution in [0.4, 0.5) is 4.79 Å². The molecule has 0 spiro atoms. The van der Waals surface area contributed by atoms with Gasteiger partial charge in [0.05, 0.1) is 23.8 Å². The van der Waals surface area contributed by atoms with E-state index in [0.717, 1.165) is 41.8 Å². The fourth-order valence-corrected chi connectivity index (χ4v) is 5.47. The summed E-state index contributed by atoms with van der Waals surface area (Å²) in [6.45, 7) is 6.52. The van der Waals surface area contributed by atoms with Crippen molar-refractivity contribution in [3.8, 4) is 0 Å². The number of carbonyl (C=O) groups excluding carboxylic acids is 2. The highest BCUT2D eigenvalue weighted by Crippen LogP contribution is 2.46. The number of carbonyl (C=O) groups is 2. The van der Waals surface area contributed by atoms with Crippen LogP contribution in [0.3, 0.4) is 0 Å². The van der Waals surface area contributed by atoms with Crippen LogP contribution in [-0.4, -0.2) is 48.6 Å². The summed E-state index contributed by atoms with van der Waals surface area (Å²) in [6.07, 6.45) is 8.03. The Kier molecular flexibility index (Phi) is 7.81. The third-order valence-corrected chi connectivity index (χ3v) is 7.57. The number of benzene rings is 2. The summed E-state index contributed by atoms with van der Waals surface area (Å²) >= 11 is 0. The van der Waals surface area contributed by atoms with Crippen LogP contribution in [0.1, 0.15) is 68.8 Å². The van der Waals surface area contributed by atoms with Gasteiger partial charge in [-0.05, 0) is 68.9 Å². The van der Waals surface area contributed by atoms with E-state index >= 15 is 0 Å². The van der Waals surface area contributed by atoms with E-state index in [9.17, 15) is 9.59 Å². The molecule has 0 bridgehead atoms. The largest absolute Gasteiger partial charge is 0.444 e. The quantitative estimate of drug-likeness (QED) is 0.442. The second kappa shape index (κ2) is 11.3. The first-order valence-corrected chi connectivity index (χ1v) is 13.9. The molecule has 2 atom stereocenters. The van der Waals surface area contributed by atoms with E-state index in [1.54, 1.807) is 7.11 Å². The molecule has 1 aliphatic carbocycles. The van der Waals surface area contributed by atoms with E-state index in [1.807, 2.05) is 57.3 Å². The van der Waals surface area contributed by atoms with Crippen LogP contribution in [0.2, 0.25) is 0 Å². The van der Waals surface area contributed by atoms with Gasteiger partial charge in [0.1, 0.15) is 17.5 Å². The van der Waals surface area contributed by atoms with Crippen LogP contribution in [0.25, 0.3) is 0 Å². The van der Waals surface area contributed by atoms with Crippen molar-refractivity contribution < 1.29 is 19.1 Å². The maximum Gasteiger partial charge on any atom is 0.408 e. The van der Waals surface area contributed by atoms with Crippen LogP contribution in [0, 0.1) is 0 Å². The zero-order chi connectivity index (χ0) is 28.3. The fourth-order valence-electron chi connectivity index (χ4n) is 5.47. The van der Waals surface area contributed by atoms with Crippen molar-refractivity contribution in [3.05, 3.63) is 95.2 Å². The minimum Gasteiger partial charge on any atom is -0.444 e. The van der Waals surface area contributed by atoms with Crippen LogP contribution >= 0.6 is 0 Å². The predicted octanol–water partition coefficient (Wildman–Crippen LogP) is 5.30. The summed E-state index contributed by atoms with van der Waals surface area (Å²) in [4.78, 5) is 32.6. The van der Waals surface area contributed by atoms with Gasteiger partial charge in [0.25, 0.3) is 5.91 Å². The number of ether oxygens (including phenoxy) is 2. The number of fused-ring (bicyclic) bond motifs is 1. The van der Waals surface area contributed by atoms with Crippen molar-refractivity contribution in [2.45, 2.75) is 63.3 Å². The molecular weight excluding hydrogens is 504 g/mol. The molecule has 2 heterocycles. The molecule has 3 aliphatic rings. The van der Waals surface area contributed by atoms with E-state index in [1.165, 1.54) is 0 Å². The lowest BCUT2D eigenvalue weighted by molar-refractivity contribution is -0.117. The van der Waals surface area contributed by atoms with E-state index in [2.05, 4.69) is 51.9 Å². The molecule has 2 amide bonds. The molecule has 2 aromatic rings. The minimum absolute atomic E-state index is 0.105. The SMILES string of the molecule is COCCNC(=O)C1=CN2C(=NC(c3ccc(C4(NC(=O)OC(C)(C)C)CCC4)cc3)C2c2ccccc2)C=C1. The molecule has 2 N–H and O–H groups in total. The third kappa shape index (κ3) is 5.82. The molecule has 40 heavy (non-hydrogen) atoms. The zero-order valence-corrected chi connectivity index (χ0v) is 23.6. The summed E-state index contributed by atoms with van der Waals surface area (Å²) < 4.78 is 10.6. The number of nitrogens with zero attached hydrogens (tertiary/aromatic N) is 2. The fraction of sp³-hybridized carbons (Fsp3) is 0.406. The lowest BCUT2D eigenvalue weighted by atomic mass is 9.71. The number of alkyl carbamates (subject to hydrolysis) is 1. The first-order chi connectivity index (χ1) is 19.2. The Morgan fingerprint density at radius 1 is 1.02 bits per heavy atom. The summed E-state index contributed by atoms with van der Waals surface area (Å²) in [7, 11) is 1.61. The van der Waals surface area contributed by atoms with Crippen molar-refractivity contribution in [1.29, 1.82) is 0 Å². The molecule has 8 heteroatoms. The number of hydrogen-bond donors (Lipinski definition) is 2. The zero-order valence-electron chi connectivity index (χ0n) is 23.6. The van der Waals surface area contributed by atoms with Gasteiger partial charge in [0.15, 0.2) is 0 Å². The monoisotopic (exact) mass is 542 g/mol. The molecule has 1 saturated carbocycles. The third-order valence-electron chi connectivity index (χ3n) is 7.57. The normalized spacial score (nSPS) is 21.1. The maximum absolute atomic E-state index is 12.8. The number of methoxy groups -OCH3 is 1. The highest BCUT2D eigenvalue weighted by atomic mass is 16.6. The molecule has 0 aromatic heterocycles. The van der Waals surface area contributed by atoms with Crippen molar-refractivity contribution in [3.63, 3.8) is 0 Å². The maximum atomic E-state index is 12.8. The van der Waals surface area contributed by atoms with E-state index < -0.39 is 11.1 Å². The standard InChI is InChI=1S/C32H38N4O4/c1-31(2,3)40-30(38)35-32(17-8-18-32)25-14-11-22(12-15-25)27-28(23-9-6-5-7-10-23)36-21-24(13-16-26(36)34-27)29(37)33-19-20-39-4/h5-7,9-16,21,27-28H,8,17-20H2,1-4H3,(H,33,37)(H,35,38). The highest BCUT2D eigenvalue weighted by Gasteiger charge is 2.42. The summed E-state index contributed by atoms with van der Waals surface area (Å²) in [5.41, 5.74) is 2.87. The average Bonchev–Trinajstić information content (AvgIpc) is 3.29. The van der Waals surface area contributed by atoms with Gasteiger partial charge in [-0.3, -0.25) is 9.79 Å². The Labute approximate surface area is 236 Å². The molecular formula is C32H38N4O4. The number of nitrogens with one attached hydrogen (secondary N) is 2. The second-order valence-corrected chi connectivity index (χ2v) is 11.5. The van der Waals surface area contributed by atoms with Gasteiger partial charge in [0.2, 0.25) is 0 Å². The lowest BCUT2D eigenvalue weighted by Gasteiger charge is -2.43. The van der Waals surface area contributed by atoms with Crippen LogP contribution in [-0.2, 0) is 19.8 Å². The van der Waals surface area contributed by atoms with E-state index in [0.29, 0.717) is 18.7 Å². The van der Waals surface area contributed by atoms with Crippen molar-refractivity contribution in [2.75, 3.05) is 20.3 Å². The van der Waals surface area contributed by atoms with Gasteiger partial charge in [0, 0.05) is 19.9 Å². The Morgan fingerprint density at radius 2 is 1.75 bits per heavy atom. The number of rotatable bonds is 8. The van der Waals surface area contributed by atoms with E-state index in [4.69, 9.17) is 14.5 Å². The van der Waals surface area contributed by atoms with Crippen LogP contribution in [0.5, 0.6) is 0 Å². The molecule has 0 saturated heterocycles. The van der Waals surface area contributed by atoms with Gasteiger partial charge >= 0.3 is 6.09 Å². The molecule has 8 nitrogen and oxygen atoms in total. The topological polar surface area (TPSA) is 92.3 Å². The van der Waals surface area contributed by atoms with Crippen LogP contribution < -0.4 is 10.6 Å². The Hall–Kier alpha value is -3.91. The number of hydrogen-bond acceptors (Lipinski definition) is 6. The summed E-state index contributed by atoms with van der Waals surface area (Å²) in [5, 5.41) is 6.04. The molecule has 2 aliphatic heterocycles. The Morgan fingerprint density at radius 3 is 2.38 bits per heavy atom. The first kappa shape index (κ1) is 27.6. The van der Waals surface area contributed by atoms with Crippen molar-refractivity contribution in [1.82, 2.24) is 15.5 Å². The predicted molar refractivity (Wildman–Crippen MR) is 155 cm³/mol. The van der Waals surface area contributed by atoms with Crippen LogP contribution in [0.15, 0.2) is 83.5 Å². The van der Waals surface area contributed by atoms with Gasteiger partial charge < -0.3 is 25.0 Å². The van der Waals surface area contributed by atoms with Gasteiger partial charge in [-0.2, -0.15) is 0 Å². The minimum atomic E-state index is -0.549. The number of aliphatic imine (C=N–C) groups is 1. The number of amides is 2. The Balaban J connectivity index is 1.40. The van der Waals surface area contributed by atoms with Gasteiger partial charge in [-0.25, -0.2) is 4.79 Å². The average molecular weight is 543 g/mol. The first-order valence-electron chi connectivity index (χ1n) is 13.9. The molecule has 5 rings (SSSR count). The molecule has 2 unspecified atom stereocenters. The molecule has 1 fully saturated rings. The smallest absolute Gasteiger partial charge is 0.408 e. The van der Waals surface area contributed by atoms with Gasteiger partial charge in [-0.1, -0.05) is 54.6 Å². The molecule has 0 radical (unpaired) electrons. The summed E-state index contributed by atoms with van der Waals surface area (Å²) in [6, 6.07) is 18.4. The van der Waals surface area contributed by atoms with Crippen molar-refractivity contribution >= 4 is 17.8 Å².